The van der Waals surface area contributed by atoms with Gasteiger partial charge in [0.15, 0.2) is 16.3 Å². The molecule has 0 radical (unpaired) electrons. The Kier molecular flexibility index (Phi) is 7.84. The number of nitrogens with one attached hydrogen (secondary N) is 1. The van der Waals surface area contributed by atoms with E-state index < -0.39 is 0 Å². The molecule has 3 aromatic rings. The molecular formula is C25H31FN4O3S. The fraction of sp³-hybridized carbons (Fsp3) is 0.440. The zero-order valence-electron chi connectivity index (χ0n) is 19.7. The molecule has 0 amide bonds. The van der Waals surface area contributed by atoms with Crippen molar-refractivity contribution in [1.29, 1.82) is 0 Å². The third-order valence-corrected chi connectivity index (χ3v) is 6.39. The van der Waals surface area contributed by atoms with Gasteiger partial charge in [0.1, 0.15) is 5.82 Å². The fourth-order valence-corrected chi connectivity index (χ4v) is 4.66. The Morgan fingerprint density at radius 2 is 1.68 bits per heavy atom. The number of aromatic nitrogens is 2. The maximum atomic E-state index is 14.1. The Labute approximate surface area is 203 Å². The molecule has 0 spiro atoms. The SMILES string of the molecule is CCOc1cc2[nH]c(=S)n(CCCN3CCN(c4ccccc4F)CC3)c(=O)c2cc1OCC. The molecule has 2 heterocycles. The van der Waals surface area contributed by atoms with Gasteiger partial charge in [0.05, 0.1) is 29.8 Å². The first-order valence-electron chi connectivity index (χ1n) is 11.8. The normalized spacial score (nSPS) is 14.5. The van der Waals surface area contributed by atoms with Crippen LogP contribution in [0.3, 0.4) is 0 Å². The lowest BCUT2D eigenvalue weighted by molar-refractivity contribution is 0.249. The van der Waals surface area contributed by atoms with Crippen LogP contribution < -0.4 is 19.9 Å². The summed E-state index contributed by atoms with van der Waals surface area (Å²) >= 11 is 5.49. The van der Waals surface area contributed by atoms with E-state index in [1.54, 1.807) is 22.8 Å². The second-order valence-electron chi connectivity index (χ2n) is 8.23. The number of ether oxygens (including phenoxy) is 2. The summed E-state index contributed by atoms with van der Waals surface area (Å²) in [7, 11) is 0. The molecule has 7 nitrogen and oxygen atoms in total. The van der Waals surface area contributed by atoms with Crippen LogP contribution >= 0.6 is 12.2 Å². The molecule has 9 heteroatoms. The molecule has 0 aliphatic carbocycles. The zero-order valence-corrected chi connectivity index (χ0v) is 20.5. The topological polar surface area (TPSA) is 62.7 Å². The van der Waals surface area contributed by atoms with Crippen LogP contribution in [0.1, 0.15) is 20.3 Å². The highest BCUT2D eigenvalue weighted by molar-refractivity contribution is 7.71. The maximum absolute atomic E-state index is 14.1. The summed E-state index contributed by atoms with van der Waals surface area (Å²) < 4.78 is 27.4. The first-order chi connectivity index (χ1) is 16.5. The smallest absolute Gasteiger partial charge is 0.262 e. The Morgan fingerprint density at radius 3 is 2.35 bits per heavy atom. The summed E-state index contributed by atoms with van der Waals surface area (Å²) in [5.74, 6) is 0.967. The molecule has 1 fully saturated rings. The molecule has 1 aromatic heterocycles. The van der Waals surface area contributed by atoms with Crippen molar-refractivity contribution >= 4 is 28.8 Å². The third kappa shape index (κ3) is 5.26. The molecule has 0 bridgehead atoms. The van der Waals surface area contributed by atoms with Crippen LogP contribution in [0.5, 0.6) is 11.5 Å². The van der Waals surface area contributed by atoms with Crippen molar-refractivity contribution in [2.24, 2.45) is 0 Å². The van der Waals surface area contributed by atoms with Gasteiger partial charge in [0.2, 0.25) is 0 Å². The van der Waals surface area contributed by atoms with Crippen molar-refractivity contribution in [3.8, 4) is 11.5 Å². The van der Waals surface area contributed by atoms with Gasteiger partial charge in [-0.25, -0.2) is 4.39 Å². The van der Waals surface area contributed by atoms with Gasteiger partial charge in [-0.05, 0) is 57.2 Å². The van der Waals surface area contributed by atoms with E-state index >= 15 is 0 Å². The molecule has 34 heavy (non-hydrogen) atoms. The van der Waals surface area contributed by atoms with E-state index in [1.807, 2.05) is 26.0 Å². The minimum Gasteiger partial charge on any atom is -0.490 e. The molecule has 0 atom stereocenters. The van der Waals surface area contributed by atoms with Crippen LogP contribution in [0.4, 0.5) is 10.1 Å². The number of nitrogens with zero attached hydrogens (tertiary/aromatic N) is 3. The van der Waals surface area contributed by atoms with E-state index in [4.69, 9.17) is 21.7 Å². The largest absolute Gasteiger partial charge is 0.490 e. The van der Waals surface area contributed by atoms with Gasteiger partial charge >= 0.3 is 0 Å². The molecular weight excluding hydrogens is 455 g/mol. The molecule has 1 N–H and O–H groups in total. The number of rotatable bonds is 9. The Hall–Kier alpha value is -2.91. The van der Waals surface area contributed by atoms with Crippen molar-refractivity contribution in [2.45, 2.75) is 26.8 Å². The van der Waals surface area contributed by atoms with Crippen LogP contribution in [-0.4, -0.2) is 60.4 Å². The number of anilines is 1. The lowest BCUT2D eigenvalue weighted by atomic mass is 10.2. The third-order valence-electron chi connectivity index (χ3n) is 6.07. The van der Waals surface area contributed by atoms with E-state index in [-0.39, 0.29) is 11.4 Å². The molecule has 2 aromatic carbocycles. The van der Waals surface area contributed by atoms with Gasteiger partial charge < -0.3 is 19.4 Å². The molecule has 1 aliphatic rings. The van der Waals surface area contributed by atoms with E-state index in [0.717, 1.165) is 39.1 Å². The highest BCUT2D eigenvalue weighted by Gasteiger charge is 2.19. The van der Waals surface area contributed by atoms with Crippen molar-refractivity contribution in [2.75, 3.05) is 50.8 Å². The number of fused-ring (bicyclic) bond motifs is 1. The quantitative estimate of drug-likeness (QED) is 0.457. The van der Waals surface area contributed by atoms with Gasteiger partial charge in [-0.15, -0.1) is 0 Å². The number of halogens is 1. The number of para-hydroxylation sites is 1. The lowest BCUT2D eigenvalue weighted by Crippen LogP contribution is -2.47. The van der Waals surface area contributed by atoms with Gasteiger partial charge in [-0.3, -0.25) is 14.3 Å². The average Bonchev–Trinajstić information content (AvgIpc) is 2.83. The Bertz CT molecular complexity index is 1250. The van der Waals surface area contributed by atoms with Crippen molar-refractivity contribution in [1.82, 2.24) is 14.5 Å². The second-order valence-corrected chi connectivity index (χ2v) is 8.62. The molecule has 1 saturated heterocycles. The number of hydrogen-bond donors (Lipinski definition) is 1. The second kappa shape index (κ2) is 11.0. The standard InChI is InChI=1S/C25H31FN4O3S/c1-3-32-22-16-18-20(17-23(22)33-4-2)27-25(34)30(24(18)31)11-7-10-28-12-14-29(15-13-28)21-9-6-5-8-19(21)26/h5-6,8-9,16-17H,3-4,7,10-15H2,1-2H3,(H,27,34). The van der Waals surface area contributed by atoms with Gasteiger partial charge in [-0.2, -0.15) is 0 Å². The zero-order chi connectivity index (χ0) is 24.1. The number of hydrogen-bond acceptors (Lipinski definition) is 6. The molecule has 4 rings (SSSR count). The maximum Gasteiger partial charge on any atom is 0.262 e. The summed E-state index contributed by atoms with van der Waals surface area (Å²) in [5.41, 5.74) is 1.17. The first kappa shape index (κ1) is 24.2. The molecule has 182 valence electrons. The van der Waals surface area contributed by atoms with Crippen LogP contribution in [-0.2, 0) is 6.54 Å². The summed E-state index contributed by atoms with van der Waals surface area (Å²) in [4.78, 5) is 20.8. The van der Waals surface area contributed by atoms with Gasteiger partial charge in [0.25, 0.3) is 5.56 Å². The first-order valence-corrected chi connectivity index (χ1v) is 12.2. The van der Waals surface area contributed by atoms with Crippen LogP contribution in [0.15, 0.2) is 41.2 Å². The summed E-state index contributed by atoms with van der Waals surface area (Å²) in [6.45, 7) is 9.40. The highest BCUT2D eigenvalue weighted by Crippen LogP contribution is 2.31. The van der Waals surface area contributed by atoms with Crippen molar-refractivity contribution in [3.05, 3.63) is 57.3 Å². The predicted molar refractivity (Wildman–Crippen MR) is 135 cm³/mol. The van der Waals surface area contributed by atoms with Crippen LogP contribution in [0, 0.1) is 10.6 Å². The minimum atomic E-state index is -0.179. The Morgan fingerprint density at radius 1 is 1.00 bits per heavy atom. The van der Waals surface area contributed by atoms with E-state index in [0.29, 0.717) is 52.6 Å². The molecule has 1 aliphatic heterocycles. The summed E-state index contributed by atoms with van der Waals surface area (Å²) in [5, 5.41) is 0.527. The molecule has 0 saturated carbocycles. The predicted octanol–water partition coefficient (Wildman–Crippen LogP) is 4.21. The van der Waals surface area contributed by atoms with Crippen molar-refractivity contribution in [3.63, 3.8) is 0 Å². The minimum absolute atomic E-state index is 0.132. The highest BCUT2D eigenvalue weighted by atomic mass is 32.1. The van der Waals surface area contributed by atoms with Gasteiger partial charge in [-0.1, -0.05) is 12.1 Å². The fourth-order valence-electron chi connectivity index (χ4n) is 4.37. The molecule has 0 unspecified atom stereocenters. The Balaban J connectivity index is 1.41. The average molecular weight is 487 g/mol. The number of piperazine rings is 1. The van der Waals surface area contributed by atoms with E-state index in [9.17, 15) is 9.18 Å². The van der Waals surface area contributed by atoms with E-state index in [1.165, 1.54) is 6.07 Å². The van der Waals surface area contributed by atoms with Gasteiger partial charge in [0, 0.05) is 38.8 Å². The van der Waals surface area contributed by atoms with Crippen LogP contribution in [0.25, 0.3) is 10.9 Å². The van der Waals surface area contributed by atoms with E-state index in [2.05, 4.69) is 14.8 Å². The van der Waals surface area contributed by atoms with Crippen LogP contribution in [0.2, 0.25) is 0 Å². The number of benzene rings is 2. The summed E-state index contributed by atoms with van der Waals surface area (Å²) in [6, 6.07) is 10.4. The summed E-state index contributed by atoms with van der Waals surface area (Å²) in [6.07, 6.45) is 0.790. The number of aromatic amines is 1. The number of H-pyrrole nitrogens is 1. The monoisotopic (exact) mass is 486 g/mol. The van der Waals surface area contributed by atoms with Crippen molar-refractivity contribution < 1.29 is 13.9 Å². The lowest BCUT2D eigenvalue weighted by Gasteiger charge is -2.36.